The molecule has 0 bridgehead atoms. The van der Waals surface area contributed by atoms with Gasteiger partial charge >= 0.3 is 5.97 Å². The maximum Gasteiger partial charge on any atom is 0.342 e. The topological polar surface area (TPSA) is 91.8 Å². The number of non-ortho nitro benzene ring substituents is 1. The minimum absolute atomic E-state index is 0.0160. The SMILES string of the molecule is CCOC(=O)c1c(-c2ccccc2)oc2cc(Br)c(OCc3ccc([N+](=O)[O-])cc3)cc12. The summed E-state index contributed by atoms with van der Waals surface area (Å²) in [7, 11) is 0. The van der Waals surface area contributed by atoms with E-state index < -0.39 is 10.9 Å². The van der Waals surface area contributed by atoms with Crippen LogP contribution in [0.1, 0.15) is 22.8 Å². The fourth-order valence-corrected chi connectivity index (χ4v) is 3.72. The van der Waals surface area contributed by atoms with Crippen molar-refractivity contribution >= 4 is 38.6 Å². The van der Waals surface area contributed by atoms with Gasteiger partial charge in [0.1, 0.15) is 29.3 Å². The van der Waals surface area contributed by atoms with E-state index in [9.17, 15) is 14.9 Å². The van der Waals surface area contributed by atoms with E-state index in [0.29, 0.717) is 32.5 Å². The second kappa shape index (κ2) is 9.23. The van der Waals surface area contributed by atoms with Crippen molar-refractivity contribution in [3.05, 3.63) is 92.4 Å². The number of hydrogen-bond donors (Lipinski definition) is 0. The van der Waals surface area contributed by atoms with Crippen LogP contribution < -0.4 is 4.74 Å². The molecule has 32 heavy (non-hydrogen) atoms. The highest BCUT2D eigenvalue weighted by atomic mass is 79.9. The lowest BCUT2D eigenvalue weighted by molar-refractivity contribution is -0.384. The number of nitrogens with zero attached hydrogens (tertiary/aromatic N) is 1. The second-order valence-corrected chi connectivity index (χ2v) is 7.74. The number of esters is 1. The predicted octanol–water partition coefficient (Wildman–Crippen LogP) is 6.53. The zero-order valence-corrected chi connectivity index (χ0v) is 18.6. The summed E-state index contributed by atoms with van der Waals surface area (Å²) in [6, 6.07) is 19.0. The maximum atomic E-state index is 12.8. The van der Waals surface area contributed by atoms with Gasteiger partial charge in [0.25, 0.3) is 5.69 Å². The summed E-state index contributed by atoms with van der Waals surface area (Å²) < 4.78 is 17.9. The highest BCUT2D eigenvalue weighted by molar-refractivity contribution is 9.10. The Bertz CT molecular complexity index is 1280. The van der Waals surface area contributed by atoms with Gasteiger partial charge < -0.3 is 13.9 Å². The molecule has 0 amide bonds. The molecule has 0 unspecified atom stereocenters. The van der Waals surface area contributed by atoms with E-state index in [-0.39, 0.29) is 18.9 Å². The number of halogens is 1. The Morgan fingerprint density at radius 2 is 1.81 bits per heavy atom. The number of ether oxygens (including phenoxy) is 2. The average molecular weight is 496 g/mol. The summed E-state index contributed by atoms with van der Waals surface area (Å²) in [6.07, 6.45) is 0. The fraction of sp³-hybridized carbons (Fsp3) is 0.125. The Morgan fingerprint density at radius 3 is 2.47 bits per heavy atom. The first-order chi connectivity index (χ1) is 15.5. The van der Waals surface area contributed by atoms with Gasteiger partial charge in [-0.2, -0.15) is 0 Å². The Labute approximate surface area is 191 Å². The zero-order chi connectivity index (χ0) is 22.7. The first-order valence-electron chi connectivity index (χ1n) is 9.82. The molecule has 1 aromatic heterocycles. The molecule has 0 atom stereocenters. The van der Waals surface area contributed by atoms with E-state index in [0.717, 1.165) is 11.1 Å². The quantitative estimate of drug-likeness (QED) is 0.164. The van der Waals surface area contributed by atoms with Crippen molar-refractivity contribution in [3.8, 4) is 17.1 Å². The minimum Gasteiger partial charge on any atom is -0.488 e. The molecule has 3 aromatic carbocycles. The summed E-state index contributed by atoms with van der Waals surface area (Å²) in [5.74, 6) is 0.453. The largest absolute Gasteiger partial charge is 0.488 e. The third kappa shape index (κ3) is 4.36. The van der Waals surface area contributed by atoms with Crippen LogP contribution >= 0.6 is 15.9 Å². The molecule has 0 aliphatic rings. The number of benzene rings is 3. The molecule has 1 heterocycles. The van der Waals surface area contributed by atoms with Gasteiger partial charge in [-0.3, -0.25) is 10.1 Å². The monoisotopic (exact) mass is 495 g/mol. The Hall–Kier alpha value is -3.65. The molecule has 0 spiro atoms. The van der Waals surface area contributed by atoms with E-state index in [1.165, 1.54) is 12.1 Å². The predicted molar refractivity (Wildman–Crippen MR) is 123 cm³/mol. The van der Waals surface area contributed by atoms with Crippen LogP contribution in [-0.4, -0.2) is 17.5 Å². The zero-order valence-electron chi connectivity index (χ0n) is 17.0. The molecule has 7 nitrogen and oxygen atoms in total. The normalized spacial score (nSPS) is 10.8. The van der Waals surface area contributed by atoms with Gasteiger partial charge in [-0.1, -0.05) is 30.3 Å². The van der Waals surface area contributed by atoms with Gasteiger partial charge in [0.2, 0.25) is 0 Å². The third-order valence-electron chi connectivity index (χ3n) is 4.80. The van der Waals surface area contributed by atoms with Crippen molar-refractivity contribution < 1.29 is 23.6 Å². The van der Waals surface area contributed by atoms with Gasteiger partial charge in [-0.05, 0) is 52.7 Å². The molecule has 0 aliphatic heterocycles. The highest BCUT2D eigenvalue weighted by Crippen LogP contribution is 2.39. The second-order valence-electron chi connectivity index (χ2n) is 6.88. The molecular formula is C24H18BrNO6. The molecule has 162 valence electrons. The van der Waals surface area contributed by atoms with Crippen molar-refractivity contribution in [2.24, 2.45) is 0 Å². The first kappa shape index (κ1) is 21.6. The van der Waals surface area contributed by atoms with Crippen LogP contribution in [0.15, 0.2) is 75.6 Å². The van der Waals surface area contributed by atoms with Crippen LogP contribution in [0, 0.1) is 10.1 Å². The molecule has 0 N–H and O–H groups in total. The van der Waals surface area contributed by atoms with Crippen molar-refractivity contribution in [2.45, 2.75) is 13.5 Å². The Morgan fingerprint density at radius 1 is 1.09 bits per heavy atom. The van der Waals surface area contributed by atoms with E-state index >= 15 is 0 Å². The Balaban J connectivity index is 1.71. The number of nitro benzene ring substituents is 1. The van der Waals surface area contributed by atoms with Crippen molar-refractivity contribution in [1.82, 2.24) is 0 Å². The van der Waals surface area contributed by atoms with Gasteiger partial charge in [-0.15, -0.1) is 0 Å². The van der Waals surface area contributed by atoms with E-state index in [4.69, 9.17) is 13.9 Å². The number of rotatable bonds is 7. The number of nitro groups is 1. The fourth-order valence-electron chi connectivity index (χ4n) is 3.28. The minimum atomic E-state index is -0.478. The summed E-state index contributed by atoms with van der Waals surface area (Å²) in [5, 5.41) is 11.4. The van der Waals surface area contributed by atoms with Crippen LogP contribution in [0.5, 0.6) is 5.75 Å². The van der Waals surface area contributed by atoms with Gasteiger partial charge in [0, 0.05) is 23.1 Å². The molecule has 8 heteroatoms. The van der Waals surface area contributed by atoms with Gasteiger partial charge in [0.05, 0.1) is 16.0 Å². The smallest absolute Gasteiger partial charge is 0.342 e. The third-order valence-corrected chi connectivity index (χ3v) is 5.42. The molecule has 0 aliphatic carbocycles. The lowest BCUT2D eigenvalue weighted by Crippen LogP contribution is -2.05. The van der Waals surface area contributed by atoms with Crippen LogP contribution in [0.3, 0.4) is 0 Å². The van der Waals surface area contributed by atoms with Crippen LogP contribution in [0.2, 0.25) is 0 Å². The lowest BCUT2D eigenvalue weighted by Gasteiger charge is -2.09. The number of hydrogen-bond acceptors (Lipinski definition) is 6. The number of fused-ring (bicyclic) bond motifs is 1. The van der Waals surface area contributed by atoms with E-state index in [1.54, 1.807) is 31.2 Å². The first-order valence-corrected chi connectivity index (χ1v) is 10.6. The van der Waals surface area contributed by atoms with Gasteiger partial charge in [-0.25, -0.2) is 4.79 Å². The molecule has 4 rings (SSSR count). The molecule has 0 fully saturated rings. The van der Waals surface area contributed by atoms with Crippen LogP contribution in [-0.2, 0) is 11.3 Å². The maximum absolute atomic E-state index is 12.8. The summed E-state index contributed by atoms with van der Waals surface area (Å²) in [6.45, 7) is 2.18. The molecule has 0 radical (unpaired) electrons. The highest BCUT2D eigenvalue weighted by Gasteiger charge is 2.24. The number of carbonyl (C=O) groups excluding carboxylic acids is 1. The molecule has 4 aromatic rings. The Kier molecular flexibility index (Phi) is 6.23. The standard InChI is InChI=1S/C24H18BrNO6/c1-2-30-24(27)22-18-12-21(31-14-15-8-10-17(11-9-15)26(28)29)19(25)13-20(18)32-23(22)16-6-4-3-5-7-16/h3-13H,2,14H2,1H3. The summed E-state index contributed by atoms with van der Waals surface area (Å²) >= 11 is 3.49. The molecule has 0 saturated heterocycles. The summed E-state index contributed by atoms with van der Waals surface area (Å²) in [4.78, 5) is 23.2. The van der Waals surface area contributed by atoms with Crippen LogP contribution in [0.4, 0.5) is 5.69 Å². The van der Waals surface area contributed by atoms with E-state index in [2.05, 4.69) is 15.9 Å². The van der Waals surface area contributed by atoms with Crippen molar-refractivity contribution in [1.29, 1.82) is 0 Å². The number of carbonyl (C=O) groups is 1. The number of furan rings is 1. The average Bonchev–Trinajstić information content (AvgIpc) is 3.16. The molecule has 0 saturated carbocycles. The van der Waals surface area contributed by atoms with Gasteiger partial charge in [0.15, 0.2) is 0 Å². The van der Waals surface area contributed by atoms with Crippen molar-refractivity contribution in [2.75, 3.05) is 6.61 Å². The lowest BCUT2D eigenvalue weighted by atomic mass is 10.1. The van der Waals surface area contributed by atoms with E-state index in [1.807, 2.05) is 30.3 Å². The summed E-state index contributed by atoms with van der Waals surface area (Å²) in [5.41, 5.74) is 2.39. The van der Waals surface area contributed by atoms with Crippen LogP contribution in [0.25, 0.3) is 22.3 Å². The molecular weight excluding hydrogens is 478 g/mol. The van der Waals surface area contributed by atoms with Crippen molar-refractivity contribution in [3.63, 3.8) is 0 Å².